The molecule has 0 saturated carbocycles. The summed E-state index contributed by atoms with van der Waals surface area (Å²) in [5, 5.41) is 30.2. The van der Waals surface area contributed by atoms with Gasteiger partial charge in [0.05, 0.1) is 6.10 Å². The molecule has 2 atom stereocenters. The maximum Gasteiger partial charge on any atom is 0.326 e. The van der Waals surface area contributed by atoms with Crippen molar-refractivity contribution in [3.05, 3.63) is 29.8 Å². The minimum absolute atomic E-state index is 0.0979. The molecule has 1 unspecified atom stereocenters. The van der Waals surface area contributed by atoms with Crippen LogP contribution in [0.5, 0.6) is 5.75 Å². The number of carbonyl (C=O) groups excluding carboxylic acids is 1. The van der Waals surface area contributed by atoms with E-state index in [1.807, 2.05) is 0 Å². The monoisotopic (exact) mass is 294 g/mol. The Hall–Kier alpha value is -2.28. The van der Waals surface area contributed by atoms with Gasteiger partial charge in [-0.05, 0) is 24.1 Å². The first-order valence-corrected chi connectivity index (χ1v) is 6.70. The zero-order valence-electron chi connectivity index (χ0n) is 11.4. The number of likely N-dealkylation sites (tertiary alicyclic amines) is 1. The lowest BCUT2D eigenvalue weighted by molar-refractivity contribution is -0.139. The number of β-amino-alcohol motifs (C(OH)–C–C–N with tert-alkyl or cyclic N) is 1. The lowest BCUT2D eigenvalue weighted by Crippen LogP contribution is -2.48. The minimum Gasteiger partial charge on any atom is -0.508 e. The van der Waals surface area contributed by atoms with E-state index in [0.29, 0.717) is 18.5 Å². The smallest absolute Gasteiger partial charge is 0.326 e. The number of nitrogens with zero attached hydrogens (tertiary/aromatic N) is 1. The molecule has 2 amide bonds. The summed E-state index contributed by atoms with van der Waals surface area (Å²) in [5.74, 6) is -1.03. The van der Waals surface area contributed by atoms with Crippen LogP contribution >= 0.6 is 0 Å². The maximum atomic E-state index is 12.0. The Kier molecular flexibility index (Phi) is 4.64. The molecule has 7 nitrogen and oxygen atoms in total. The van der Waals surface area contributed by atoms with Gasteiger partial charge in [0.25, 0.3) is 0 Å². The number of benzene rings is 1. The molecule has 1 aliphatic heterocycles. The molecule has 7 heteroatoms. The van der Waals surface area contributed by atoms with Crippen molar-refractivity contribution in [2.45, 2.75) is 25.0 Å². The molecule has 1 aliphatic rings. The molecule has 0 aliphatic carbocycles. The van der Waals surface area contributed by atoms with Gasteiger partial charge in [-0.2, -0.15) is 0 Å². The number of phenols is 1. The van der Waals surface area contributed by atoms with Crippen molar-refractivity contribution in [1.82, 2.24) is 10.2 Å². The van der Waals surface area contributed by atoms with Crippen LogP contribution in [0.1, 0.15) is 12.0 Å². The van der Waals surface area contributed by atoms with Gasteiger partial charge >= 0.3 is 12.0 Å². The number of aliphatic hydroxyl groups excluding tert-OH is 1. The first kappa shape index (κ1) is 15.1. The number of aliphatic carboxylic acids is 1. The van der Waals surface area contributed by atoms with Crippen LogP contribution < -0.4 is 5.32 Å². The van der Waals surface area contributed by atoms with Gasteiger partial charge in [-0.25, -0.2) is 9.59 Å². The summed E-state index contributed by atoms with van der Waals surface area (Å²) >= 11 is 0. The summed E-state index contributed by atoms with van der Waals surface area (Å²) in [6.45, 7) is 0.635. The number of aromatic hydroxyl groups is 1. The van der Waals surface area contributed by atoms with Crippen LogP contribution in [0.2, 0.25) is 0 Å². The number of hydrogen-bond acceptors (Lipinski definition) is 4. The third-order valence-electron chi connectivity index (χ3n) is 3.42. The zero-order chi connectivity index (χ0) is 15.4. The van der Waals surface area contributed by atoms with Gasteiger partial charge < -0.3 is 25.5 Å². The summed E-state index contributed by atoms with van der Waals surface area (Å²) in [7, 11) is 0. The molecule has 1 fully saturated rings. The van der Waals surface area contributed by atoms with Crippen molar-refractivity contribution in [2.75, 3.05) is 13.1 Å². The average Bonchev–Trinajstić information content (AvgIpc) is 2.87. The Labute approximate surface area is 121 Å². The van der Waals surface area contributed by atoms with Crippen molar-refractivity contribution in [3.8, 4) is 5.75 Å². The summed E-state index contributed by atoms with van der Waals surface area (Å²) in [5.41, 5.74) is 0.696. The first-order valence-electron chi connectivity index (χ1n) is 6.70. The fourth-order valence-electron chi connectivity index (χ4n) is 2.23. The van der Waals surface area contributed by atoms with Gasteiger partial charge in [-0.1, -0.05) is 12.1 Å². The third kappa shape index (κ3) is 4.09. The Morgan fingerprint density at radius 2 is 2.00 bits per heavy atom. The topological polar surface area (TPSA) is 110 Å². The van der Waals surface area contributed by atoms with E-state index >= 15 is 0 Å². The predicted molar refractivity (Wildman–Crippen MR) is 74.0 cm³/mol. The number of nitrogens with one attached hydrogen (secondary N) is 1. The molecule has 0 aromatic heterocycles. The number of aliphatic hydroxyl groups is 1. The number of carboxylic acids is 1. The Morgan fingerprint density at radius 1 is 1.33 bits per heavy atom. The van der Waals surface area contributed by atoms with E-state index in [1.54, 1.807) is 12.1 Å². The minimum atomic E-state index is -1.13. The maximum absolute atomic E-state index is 12.0. The second kappa shape index (κ2) is 6.45. The number of urea groups is 1. The van der Waals surface area contributed by atoms with Gasteiger partial charge in [0, 0.05) is 19.5 Å². The van der Waals surface area contributed by atoms with Crippen molar-refractivity contribution >= 4 is 12.0 Å². The molecule has 114 valence electrons. The quantitative estimate of drug-likeness (QED) is 0.632. The number of rotatable bonds is 4. The summed E-state index contributed by atoms with van der Waals surface area (Å²) in [6, 6.07) is 4.60. The van der Waals surface area contributed by atoms with Crippen molar-refractivity contribution in [3.63, 3.8) is 0 Å². The molecule has 0 radical (unpaired) electrons. The number of phenolic OH excluding ortho intramolecular Hbond substituents is 1. The van der Waals surface area contributed by atoms with Crippen LogP contribution in [-0.2, 0) is 11.2 Å². The van der Waals surface area contributed by atoms with E-state index in [1.165, 1.54) is 17.0 Å². The normalized spacial score (nSPS) is 19.3. The molecular formula is C14H18N2O5. The van der Waals surface area contributed by atoms with E-state index < -0.39 is 24.1 Å². The highest BCUT2D eigenvalue weighted by atomic mass is 16.4. The van der Waals surface area contributed by atoms with Gasteiger partial charge in [-0.15, -0.1) is 0 Å². The highest BCUT2D eigenvalue weighted by molar-refractivity contribution is 5.83. The van der Waals surface area contributed by atoms with Gasteiger partial charge in [0.15, 0.2) is 0 Å². The highest BCUT2D eigenvalue weighted by Gasteiger charge is 2.28. The van der Waals surface area contributed by atoms with E-state index in [0.717, 1.165) is 0 Å². The summed E-state index contributed by atoms with van der Waals surface area (Å²) in [6.07, 6.45) is 0.0806. The van der Waals surface area contributed by atoms with Gasteiger partial charge in [0.2, 0.25) is 0 Å². The van der Waals surface area contributed by atoms with Gasteiger partial charge in [0.1, 0.15) is 11.8 Å². The van der Waals surface area contributed by atoms with E-state index in [4.69, 9.17) is 0 Å². The van der Waals surface area contributed by atoms with Crippen molar-refractivity contribution in [1.29, 1.82) is 0 Å². The van der Waals surface area contributed by atoms with Crippen LogP contribution in [0.4, 0.5) is 4.79 Å². The zero-order valence-corrected chi connectivity index (χ0v) is 11.4. The van der Waals surface area contributed by atoms with Crippen LogP contribution in [0.3, 0.4) is 0 Å². The Bertz CT molecular complexity index is 517. The lowest BCUT2D eigenvalue weighted by Gasteiger charge is -2.20. The molecular weight excluding hydrogens is 276 g/mol. The molecule has 21 heavy (non-hydrogen) atoms. The molecule has 2 rings (SSSR count). The number of carboxylic acid groups (broad SMARTS) is 1. The van der Waals surface area contributed by atoms with Crippen LogP contribution in [-0.4, -0.2) is 57.5 Å². The predicted octanol–water partition coefficient (Wildman–Crippen LogP) is 0.164. The fraction of sp³-hybridized carbons (Fsp3) is 0.429. The first-order chi connectivity index (χ1) is 9.95. The Balaban J connectivity index is 1.97. The number of hydrogen-bond donors (Lipinski definition) is 4. The SMILES string of the molecule is O=C(O)[C@@H](Cc1ccc(O)cc1)NC(=O)N1CCC(O)C1. The molecule has 0 bridgehead atoms. The fourth-order valence-corrected chi connectivity index (χ4v) is 2.23. The average molecular weight is 294 g/mol. The summed E-state index contributed by atoms with van der Waals surface area (Å²) in [4.78, 5) is 24.6. The van der Waals surface area contributed by atoms with E-state index in [9.17, 15) is 24.9 Å². The van der Waals surface area contributed by atoms with E-state index in [2.05, 4.69) is 5.32 Å². The third-order valence-corrected chi connectivity index (χ3v) is 3.42. The van der Waals surface area contributed by atoms with Gasteiger partial charge in [-0.3, -0.25) is 0 Å². The molecule has 0 spiro atoms. The van der Waals surface area contributed by atoms with Crippen LogP contribution in [0.25, 0.3) is 0 Å². The van der Waals surface area contributed by atoms with E-state index in [-0.39, 0.29) is 18.7 Å². The second-order valence-electron chi connectivity index (χ2n) is 5.10. The largest absolute Gasteiger partial charge is 0.508 e. The highest BCUT2D eigenvalue weighted by Crippen LogP contribution is 2.13. The summed E-state index contributed by atoms with van der Waals surface area (Å²) < 4.78 is 0. The molecule has 1 heterocycles. The number of amides is 2. The second-order valence-corrected chi connectivity index (χ2v) is 5.10. The molecule has 1 aromatic rings. The standard InChI is InChI=1S/C14H18N2O5/c17-10-3-1-9(2-4-10)7-12(13(19)20)15-14(21)16-6-5-11(18)8-16/h1-4,11-12,17-18H,5-8H2,(H,15,21)(H,19,20)/t11?,12-/m1/s1. The van der Waals surface area contributed by atoms with Crippen molar-refractivity contribution < 1.29 is 24.9 Å². The lowest BCUT2D eigenvalue weighted by atomic mass is 10.1. The Morgan fingerprint density at radius 3 is 2.52 bits per heavy atom. The van der Waals surface area contributed by atoms with Crippen LogP contribution in [0, 0.1) is 0 Å². The molecule has 4 N–H and O–H groups in total. The van der Waals surface area contributed by atoms with Crippen molar-refractivity contribution in [2.24, 2.45) is 0 Å². The molecule has 1 saturated heterocycles. The number of carbonyl (C=O) groups is 2. The molecule has 1 aromatic carbocycles. The van der Waals surface area contributed by atoms with Crippen LogP contribution in [0.15, 0.2) is 24.3 Å².